The minimum Gasteiger partial charge on any atom is -0.347 e. The zero-order valence-corrected chi connectivity index (χ0v) is 8.90. The molecular weight excluding hydrogens is 223 g/mol. The molecule has 0 bridgehead atoms. The van der Waals surface area contributed by atoms with E-state index in [0.29, 0.717) is 18.1 Å². The fraction of sp³-hybridized carbons (Fsp3) is 0.0909. The van der Waals surface area contributed by atoms with E-state index in [0.717, 1.165) is 0 Å². The molecule has 0 spiro atoms. The normalized spacial score (nSPS) is 9.94. The molecule has 0 aliphatic heterocycles. The third kappa shape index (κ3) is 3.30. The van der Waals surface area contributed by atoms with Crippen molar-refractivity contribution in [2.75, 3.05) is 5.32 Å². The summed E-state index contributed by atoms with van der Waals surface area (Å²) >= 11 is 0. The van der Waals surface area contributed by atoms with Crippen molar-refractivity contribution in [3.8, 4) is 0 Å². The summed E-state index contributed by atoms with van der Waals surface area (Å²) in [5.41, 5.74) is 0.531. The monoisotopic (exact) mass is 234 g/mol. The molecule has 0 saturated heterocycles. The zero-order chi connectivity index (χ0) is 12.1. The van der Waals surface area contributed by atoms with Gasteiger partial charge in [-0.25, -0.2) is 14.2 Å². The minimum atomic E-state index is -0.368. The smallest absolute Gasteiger partial charge is 0.319 e. The summed E-state index contributed by atoms with van der Waals surface area (Å²) < 4.78 is 12.6. The highest BCUT2D eigenvalue weighted by atomic mass is 19.1. The second-order valence-electron chi connectivity index (χ2n) is 3.35. The molecule has 88 valence electrons. The summed E-state index contributed by atoms with van der Waals surface area (Å²) in [6.45, 7) is 0.306. The van der Waals surface area contributed by atoms with Crippen LogP contribution in [0.1, 0.15) is 5.82 Å². The van der Waals surface area contributed by atoms with Gasteiger partial charge >= 0.3 is 6.03 Å². The van der Waals surface area contributed by atoms with Crippen LogP contribution < -0.4 is 10.6 Å². The molecule has 0 aliphatic rings. The Kier molecular flexibility index (Phi) is 3.34. The number of aromatic amines is 1. The Morgan fingerprint density at radius 1 is 1.35 bits per heavy atom. The number of benzene rings is 1. The molecule has 0 saturated carbocycles. The number of halogens is 1. The number of amides is 2. The van der Waals surface area contributed by atoms with Crippen LogP contribution in [0.3, 0.4) is 0 Å². The average Bonchev–Trinajstić information content (AvgIpc) is 2.83. The number of hydrogen-bond donors (Lipinski definition) is 3. The first-order chi connectivity index (χ1) is 8.24. The van der Waals surface area contributed by atoms with Crippen LogP contribution in [0.4, 0.5) is 14.9 Å². The van der Waals surface area contributed by atoms with Gasteiger partial charge in [-0.2, -0.15) is 0 Å². The number of hydrogen-bond acceptors (Lipinski definition) is 2. The number of urea groups is 1. The maximum atomic E-state index is 12.6. The Balaban J connectivity index is 1.83. The molecule has 1 aromatic heterocycles. The SMILES string of the molecule is O=C(NCc1ncc[nH]1)Nc1ccc(F)cc1. The van der Waals surface area contributed by atoms with Crippen LogP contribution in [0.25, 0.3) is 0 Å². The molecule has 1 aromatic carbocycles. The van der Waals surface area contributed by atoms with E-state index >= 15 is 0 Å². The molecule has 3 N–H and O–H groups in total. The fourth-order valence-corrected chi connectivity index (χ4v) is 1.27. The van der Waals surface area contributed by atoms with Gasteiger partial charge in [0.25, 0.3) is 0 Å². The molecule has 2 aromatic rings. The van der Waals surface area contributed by atoms with E-state index in [-0.39, 0.29) is 11.8 Å². The number of carbonyl (C=O) groups excluding carboxylic acids is 1. The molecule has 1 heterocycles. The van der Waals surface area contributed by atoms with Crippen LogP contribution in [0.5, 0.6) is 0 Å². The molecule has 2 amide bonds. The predicted molar refractivity (Wildman–Crippen MR) is 60.8 cm³/mol. The highest BCUT2D eigenvalue weighted by molar-refractivity contribution is 5.89. The summed E-state index contributed by atoms with van der Waals surface area (Å²) in [6, 6.07) is 5.17. The maximum Gasteiger partial charge on any atom is 0.319 e. The third-order valence-corrected chi connectivity index (χ3v) is 2.07. The van der Waals surface area contributed by atoms with Gasteiger partial charge in [0.2, 0.25) is 0 Å². The average molecular weight is 234 g/mol. The number of imidazole rings is 1. The summed E-state index contributed by atoms with van der Waals surface area (Å²) in [7, 11) is 0. The van der Waals surface area contributed by atoms with Gasteiger partial charge in [0.15, 0.2) is 0 Å². The highest BCUT2D eigenvalue weighted by Gasteiger charge is 2.02. The zero-order valence-electron chi connectivity index (χ0n) is 8.90. The third-order valence-electron chi connectivity index (χ3n) is 2.07. The molecule has 2 rings (SSSR count). The summed E-state index contributed by atoms with van der Waals surface area (Å²) in [6.07, 6.45) is 3.28. The van der Waals surface area contributed by atoms with Gasteiger partial charge < -0.3 is 15.6 Å². The van der Waals surface area contributed by atoms with Crippen LogP contribution in [0.2, 0.25) is 0 Å². The van der Waals surface area contributed by atoms with Crippen LogP contribution in [-0.2, 0) is 6.54 Å². The molecule has 17 heavy (non-hydrogen) atoms. The second-order valence-corrected chi connectivity index (χ2v) is 3.35. The Hall–Kier alpha value is -2.37. The van der Waals surface area contributed by atoms with Crippen LogP contribution in [-0.4, -0.2) is 16.0 Å². The highest BCUT2D eigenvalue weighted by Crippen LogP contribution is 2.07. The Morgan fingerprint density at radius 2 is 2.12 bits per heavy atom. The first-order valence-corrected chi connectivity index (χ1v) is 5.03. The predicted octanol–water partition coefficient (Wildman–Crippen LogP) is 1.87. The lowest BCUT2D eigenvalue weighted by molar-refractivity contribution is 0.251. The van der Waals surface area contributed by atoms with Gasteiger partial charge in [0.05, 0.1) is 6.54 Å². The summed E-state index contributed by atoms with van der Waals surface area (Å²) in [5.74, 6) is 0.325. The number of H-pyrrole nitrogens is 1. The van der Waals surface area contributed by atoms with Crippen molar-refractivity contribution in [1.82, 2.24) is 15.3 Å². The van der Waals surface area contributed by atoms with Crippen molar-refractivity contribution in [1.29, 1.82) is 0 Å². The van der Waals surface area contributed by atoms with Gasteiger partial charge in [0.1, 0.15) is 11.6 Å². The molecular formula is C11H11FN4O. The number of rotatable bonds is 3. The van der Waals surface area contributed by atoms with Crippen LogP contribution in [0, 0.1) is 5.82 Å². The summed E-state index contributed by atoms with van der Waals surface area (Å²) in [4.78, 5) is 18.3. The van der Waals surface area contributed by atoms with E-state index in [1.165, 1.54) is 24.3 Å². The number of anilines is 1. The van der Waals surface area contributed by atoms with Crippen LogP contribution in [0.15, 0.2) is 36.7 Å². The fourth-order valence-electron chi connectivity index (χ4n) is 1.27. The molecule has 0 aliphatic carbocycles. The van der Waals surface area contributed by atoms with Gasteiger partial charge in [-0.15, -0.1) is 0 Å². The van der Waals surface area contributed by atoms with E-state index in [4.69, 9.17) is 0 Å². The molecule has 0 atom stereocenters. The quantitative estimate of drug-likeness (QED) is 0.758. The second kappa shape index (κ2) is 5.11. The topological polar surface area (TPSA) is 69.8 Å². The lowest BCUT2D eigenvalue weighted by Gasteiger charge is -2.06. The first kappa shape index (κ1) is 11.1. The van der Waals surface area contributed by atoms with Gasteiger partial charge in [-0.05, 0) is 24.3 Å². The Bertz CT molecular complexity index is 481. The van der Waals surface area contributed by atoms with Gasteiger partial charge in [-0.1, -0.05) is 0 Å². The van der Waals surface area contributed by atoms with Crippen molar-refractivity contribution < 1.29 is 9.18 Å². The number of nitrogens with zero attached hydrogens (tertiary/aromatic N) is 1. The van der Waals surface area contributed by atoms with Crippen molar-refractivity contribution in [3.63, 3.8) is 0 Å². The number of aromatic nitrogens is 2. The standard InChI is InChI=1S/C11H11FN4O/c12-8-1-3-9(4-2-8)16-11(17)15-7-10-13-5-6-14-10/h1-6H,7H2,(H,13,14)(H2,15,16,17). The molecule has 0 fully saturated rings. The summed E-state index contributed by atoms with van der Waals surface area (Å²) in [5, 5.41) is 5.18. The van der Waals surface area contributed by atoms with Gasteiger partial charge in [-0.3, -0.25) is 0 Å². The molecule has 0 radical (unpaired) electrons. The van der Waals surface area contributed by atoms with E-state index in [1.807, 2.05) is 0 Å². The lowest BCUT2D eigenvalue weighted by Crippen LogP contribution is -2.28. The minimum absolute atomic E-state index is 0.306. The lowest BCUT2D eigenvalue weighted by atomic mass is 10.3. The Labute approximate surface area is 97.1 Å². The largest absolute Gasteiger partial charge is 0.347 e. The van der Waals surface area contributed by atoms with Crippen molar-refractivity contribution in [2.24, 2.45) is 0 Å². The van der Waals surface area contributed by atoms with Crippen LogP contribution >= 0.6 is 0 Å². The van der Waals surface area contributed by atoms with Crippen molar-refractivity contribution in [3.05, 3.63) is 48.3 Å². The maximum absolute atomic E-state index is 12.6. The molecule has 5 nitrogen and oxygen atoms in total. The van der Waals surface area contributed by atoms with E-state index in [1.54, 1.807) is 12.4 Å². The van der Waals surface area contributed by atoms with E-state index in [9.17, 15) is 9.18 Å². The first-order valence-electron chi connectivity index (χ1n) is 5.03. The van der Waals surface area contributed by atoms with E-state index < -0.39 is 0 Å². The van der Waals surface area contributed by atoms with E-state index in [2.05, 4.69) is 20.6 Å². The number of nitrogens with one attached hydrogen (secondary N) is 3. The number of carbonyl (C=O) groups is 1. The van der Waals surface area contributed by atoms with Gasteiger partial charge in [0, 0.05) is 18.1 Å². The Morgan fingerprint density at radius 3 is 2.76 bits per heavy atom. The van der Waals surface area contributed by atoms with Crippen molar-refractivity contribution in [2.45, 2.75) is 6.54 Å². The molecule has 6 heteroatoms. The molecule has 0 unspecified atom stereocenters. The van der Waals surface area contributed by atoms with Crippen molar-refractivity contribution >= 4 is 11.7 Å².